The standard InChI is InChI=1S/C9H12N2O2/c1-2-5-10-7-4-3-6-11-8(7)9(12)13/h3-4,6,10H,2,5H2,1H3,(H,12,13). The maximum absolute atomic E-state index is 10.7. The van der Waals surface area contributed by atoms with Crippen LogP contribution in [-0.4, -0.2) is 22.6 Å². The van der Waals surface area contributed by atoms with Gasteiger partial charge in [-0.1, -0.05) is 6.92 Å². The van der Waals surface area contributed by atoms with Crippen LogP contribution in [0.25, 0.3) is 0 Å². The molecule has 0 aliphatic rings. The molecule has 1 rings (SSSR count). The lowest BCUT2D eigenvalue weighted by molar-refractivity contribution is 0.0691. The number of aromatic nitrogens is 1. The molecule has 0 spiro atoms. The number of pyridine rings is 1. The fourth-order valence-corrected chi connectivity index (χ4v) is 0.978. The monoisotopic (exact) mass is 180 g/mol. The summed E-state index contributed by atoms with van der Waals surface area (Å²) < 4.78 is 0. The number of carboxylic acids is 1. The molecule has 13 heavy (non-hydrogen) atoms. The van der Waals surface area contributed by atoms with E-state index in [1.165, 1.54) is 6.20 Å². The Kier molecular flexibility index (Phi) is 3.25. The molecule has 0 aromatic carbocycles. The van der Waals surface area contributed by atoms with Crippen molar-refractivity contribution in [2.75, 3.05) is 11.9 Å². The Morgan fingerprint density at radius 1 is 1.69 bits per heavy atom. The molecule has 0 aliphatic heterocycles. The van der Waals surface area contributed by atoms with Crippen LogP contribution < -0.4 is 5.32 Å². The third-order valence-electron chi connectivity index (χ3n) is 1.58. The van der Waals surface area contributed by atoms with Gasteiger partial charge in [0, 0.05) is 12.7 Å². The molecule has 4 nitrogen and oxygen atoms in total. The lowest BCUT2D eigenvalue weighted by atomic mass is 10.3. The Morgan fingerprint density at radius 3 is 3.08 bits per heavy atom. The summed E-state index contributed by atoms with van der Waals surface area (Å²) >= 11 is 0. The fourth-order valence-electron chi connectivity index (χ4n) is 0.978. The molecule has 0 unspecified atom stereocenters. The van der Waals surface area contributed by atoms with Gasteiger partial charge in [-0.2, -0.15) is 0 Å². The van der Waals surface area contributed by atoms with E-state index >= 15 is 0 Å². The maximum atomic E-state index is 10.7. The summed E-state index contributed by atoms with van der Waals surface area (Å²) in [4.78, 5) is 14.5. The summed E-state index contributed by atoms with van der Waals surface area (Å²) in [5.74, 6) is -1.00. The molecule has 0 bridgehead atoms. The van der Waals surface area contributed by atoms with Gasteiger partial charge < -0.3 is 10.4 Å². The molecule has 0 saturated heterocycles. The topological polar surface area (TPSA) is 62.2 Å². The van der Waals surface area contributed by atoms with E-state index in [1.807, 2.05) is 6.92 Å². The lowest BCUT2D eigenvalue weighted by Crippen LogP contribution is -2.08. The second-order valence-electron chi connectivity index (χ2n) is 2.63. The Morgan fingerprint density at radius 2 is 2.46 bits per heavy atom. The van der Waals surface area contributed by atoms with Crippen molar-refractivity contribution in [1.29, 1.82) is 0 Å². The summed E-state index contributed by atoms with van der Waals surface area (Å²) in [6, 6.07) is 3.43. The smallest absolute Gasteiger partial charge is 0.356 e. The second-order valence-corrected chi connectivity index (χ2v) is 2.63. The van der Waals surface area contributed by atoms with Gasteiger partial charge in [0.1, 0.15) is 0 Å². The Balaban J connectivity index is 2.84. The predicted octanol–water partition coefficient (Wildman–Crippen LogP) is 1.60. The van der Waals surface area contributed by atoms with Gasteiger partial charge in [0.15, 0.2) is 5.69 Å². The molecule has 4 heteroatoms. The zero-order valence-corrected chi connectivity index (χ0v) is 7.45. The fraction of sp³-hybridized carbons (Fsp3) is 0.333. The minimum Gasteiger partial charge on any atom is -0.476 e. The first-order valence-electron chi connectivity index (χ1n) is 4.18. The van der Waals surface area contributed by atoms with E-state index in [0.29, 0.717) is 5.69 Å². The first kappa shape index (κ1) is 9.51. The molecule has 0 aliphatic carbocycles. The van der Waals surface area contributed by atoms with Crippen molar-refractivity contribution in [3.05, 3.63) is 24.0 Å². The van der Waals surface area contributed by atoms with Crippen molar-refractivity contribution in [3.8, 4) is 0 Å². The predicted molar refractivity (Wildman–Crippen MR) is 50.0 cm³/mol. The van der Waals surface area contributed by atoms with Gasteiger partial charge in [-0.25, -0.2) is 9.78 Å². The van der Waals surface area contributed by atoms with Crippen LogP contribution in [0.4, 0.5) is 5.69 Å². The molecule has 1 aromatic rings. The number of carbonyl (C=O) groups is 1. The number of anilines is 1. The van der Waals surface area contributed by atoms with Crippen molar-refractivity contribution in [2.24, 2.45) is 0 Å². The van der Waals surface area contributed by atoms with Crippen LogP contribution in [0, 0.1) is 0 Å². The largest absolute Gasteiger partial charge is 0.476 e. The highest BCUT2D eigenvalue weighted by Gasteiger charge is 2.09. The molecule has 0 saturated carbocycles. The van der Waals surface area contributed by atoms with E-state index in [9.17, 15) is 4.79 Å². The van der Waals surface area contributed by atoms with Crippen LogP contribution >= 0.6 is 0 Å². The van der Waals surface area contributed by atoms with Gasteiger partial charge >= 0.3 is 5.97 Å². The molecular formula is C9H12N2O2. The molecule has 1 aromatic heterocycles. The molecule has 1 heterocycles. The normalized spacial score (nSPS) is 9.62. The minimum absolute atomic E-state index is 0.0796. The zero-order valence-electron chi connectivity index (χ0n) is 7.45. The quantitative estimate of drug-likeness (QED) is 0.738. The summed E-state index contributed by atoms with van der Waals surface area (Å²) in [5.41, 5.74) is 0.660. The van der Waals surface area contributed by atoms with E-state index in [-0.39, 0.29) is 5.69 Å². The van der Waals surface area contributed by atoms with Crippen LogP contribution in [0.2, 0.25) is 0 Å². The van der Waals surface area contributed by atoms with Crippen molar-refractivity contribution in [3.63, 3.8) is 0 Å². The number of hydrogen-bond acceptors (Lipinski definition) is 3. The third-order valence-corrected chi connectivity index (χ3v) is 1.58. The van der Waals surface area contributed by atoms with Crippen LogP contribution in [0.15, 0.2) is 18.3 Å². The van der Waals surface area contributed by atoms with Gasteiger partial charge in [0.05, 0.1) is 5.69 Å². The van der Waals surface area contributed by atoms with E-state index in [4.69, 9.17) is 5.11 Å². The SMILES string of the molecule is CCCNc1cccnc1C(=O)O. The van der Waals surface area contributed by atoms with Crippen molar-refractivity contribution in [1.82, 2.24) is 4.98 Å². The summed E-state index contributed by atoms with van der Waals surface area (Å²) in [5, 5.41) is 11.8. The summed E-state index contributed by atoms with van der Waals surface area (Å²) in [7, 11) is 0. The molecule has 0 amide bonds. The highest BCUT2D eigenvalue weighted by atomic mass is 16.4. The average molecular weight is 180 g/mol. The molecular weight excluding hydrogens is 168 g/mol. The number of rotatable bonds is 4. The highest BCUT2D eigenvalue weighted by molar-refractivity contribution is 5.91. The van der Waals surface area contributed by atoms with Gasteiger partial charge in [-0.15, -0.1) is 0 Å². The van der Waals surface area contributed by atoms with Crippen molar-refractivity contribution >= 4 is 11.7 Å². The molecule has 0 fully saturated rings. The minimum atomic E-state index is -1.00. The number of nitrogens with zero attached hydrogens (tertiary/aromatic N) is 1. The summed E-state index contributed by atoms with van der Waals surface area (Å²) in [6.45, 7) is 2.77. The van der Waals surface area contributed by atoms with Gasteiger partial charge in [-0.05, 0) is 18.6 Å². The third kappa shape index (κ3) is 2.43. The van der Waals surface area contributed by atoms with Crippen LogP contribution in [0.3, 0.4) is 0 Å². The van der Waals surface area contributed by atoms with E-state index in [1.54, 1.807) is 12.1 Å². The van der Waals surface area contributed by atoms with Crippen LogP contribution in [0.1, 0.15) is 23.8 Å². The zero-order chi connectivity index (χ0) is 9.68. The average Bonchev–Trinajstić information content (AvgIpc) is 2.15. The molecule has 70 valence electrons. The van der Waals surface area contributed by atoms with Crippen LogP contribution in [-0.2, 0) is 0 Å². The highest BCUT2D eigenvalue weighted by Crippen LogP contribution is 2.11. The van der Waals surface area contributed by atoms with E-state index in [0.717, 1.165) is 13.0 Å². The maximum Gasteiger partial charge on any atom is 0.356 e. The first-order chi connectivity index (χ1) is 6.25. The lowest BCUT2D eigenvalue weighted by Gasteiger charge is -2.06. The van der Waals surface area contributed by atoms with Crippen molar-refractivity contribution in [2.45, 2.75) is 13.3 Å². The first-order valence-corrected chi connectivity index (χ1v) is 4.18. The van der Waals surface area contributed by atoms with Gasteiger partial charge in [0.2, 0.25) is 0 Å². The number of carboxylic acid groups (broad SMARTS) is 1. The summed E-state index contributed by atoms with van der Waals surface area (Å²) in [6.07, 6.45) is 2.43. The Hall–Kier alpha value is -1.58. The number of nitrogens with one attached hydrogen (secondary N) is 1. The molecule has 2 N–H and O–H groups in total. The number of hydrogen-bond donors (Lipinski definition) is 2. The molecule has 0 atom stereocenters. The van der Waals surface area contributed by atoms with Crippen molar-refractivity contribution < 1.29 is 9.90 Å². The van der Waals surface area contributed by atoms with E-state index in [2.05, 4.69) is 10.3 Å². The Labute approximate surface area is 76.6 Å². The molecule has 0 radical (unpaired) electrons. The number of aromatic carboxylic acids is 1. The van der Waals surface area contributed by atoms with Crippen LogP contribution in [0.5, 0.6) is 0 Å². The van der Waals surface area contributed by atoms with Gasteiger partial charge in [-0.3, -0.25) is 0 Å². The Bertz CT molecular complexity index is 299. The van der Waals surface area contributed by atoms with Gasteiger partial charge in [0.25, 0.3) is 0 Å². The second kappa shape index (κ2) is 4.45. The van der Waals surface area contributed by atoms with E-state index < -0.39 is 5.97 Å².